The Bertz CT molecular complexity index is 281. The van der Waals surface area contributed by atoms with Crippen molar-refractivity contribution in [3.8, 4) is 0 Å². The van der Waals surface area contributed by atoms with Crippen LogP contribution >= 0.6 is 11.3 Å². The fraction of sp³-hybridized carbons (Fsp3) is 0.636. The molecule has 0 saturated carbocycles. The summed E-state index contributed by atoms with van der Waals surface area (Å²) in [5, 5.41) is 3.16. The molecule has 0 aliphatic rings. The Hall–Kier alpha value is -0.380. The summed E-state index contributed by atoms with van der Waals surface area (Å²) in [4.78, 5) is 2.75. The zero-order valence-electron chi connectivity index (χ0n) is 9.39. The molecular formula is C11H19NOS. The van der Waals surface area contributed by atoms with Crippen molar-refractivity contribution in [2.75, 3.05) is 7.05 Å². The Morgan fingerprint density at radius 3 is 2.79 bits per heavy atom. The molecule has 1 heterocycles. The number of hydrogen-bond acceptors (Lipinski definition) is 3. The zero-order chi connectivity index (χ0) is 10.6. The van der Waals surface area contributed by atoms with Crippen LogP contribution in [-0.2, 0) is 17.9 Å². The van der Waals surface area contributed by atoms with E-state index in [1.165, 1.54) is 15.3 Å². The van der Waals surface area contributed by atoms with Crippen molar-refractivity contribution in [3.05, 3.63) is 21.4 Å². The highest BCUT2D eigenvalue weighted by molar-refractivity contribution is 7.12. The van der Waals surface area contributed by atoms with Crippen molar-refractivity contribution in [2.45, 2.75) is 40.0 Å². The maximum atomic E-state index is 5.59. The Morgan fingerprint density at radius 2 is 2.21 bits per heavy atom. The molecule has 0 spiro atoms. The van der Waals surface area contributed by atoms with E-state index in [1.54, 1.807) is 0 Å². The van der Waals surface area contributed by atoms with Gasteiger partial charge in [0, 0.05) is 16.3 Å². The van der Waals surface area contributed by atoms with Gasteiger partial charge in [0.1, 0.15) is 0 Å². The molecule has 14 heavy (non-hydrogen) atoms. The number of nitrogens with one attached hydrogen (secondary N) is 1. The smallest absolute Gasteiger partial charge is 0.0731 e. The summed E-state index contributed by atoms with van der Waals surface area (Å²) in [5.41, 5.74) is 1.33. The third-order valence-corrected chi connectivity index (χ3v) is 3.09. The molecule has 0 aromatic carbocycles. The van der Waals surface area contributed by atoms with Gasteiger partial charge in [-0.05, 0) is 39.4 Å². The minimum absolute atomic E-state index is 0.307. The van der Waals surface area contributed by atoms with Crippen LogP contribution in [0.3, 0.4) is 0 Å². The van der Waals surface area contributed by atoms with E-state index in [0.717, 1.165) is 13.2 Å². The van der Waals surface area contributed by atoms with Crippen molar-refractivity contribution >= 4 is 11.3 Å². The van der Waals surface area contributed by atoms with Crippen LogP contribution in [0.15, 0.2) is 6.07 Å². The summed E-state index contributed by atoms with van der Waals surface area (Å²) in [6.45, 7) is 7.98. The molecule has 0 saturated heterocycles. The van der Waals surface area contributed by atoms with Gasteiger partial charge in [-0.3, -0.25) is 0 Å². The minimum Gasteiger partial charge on any atom is -0.374 e. The van der Waals surface area contributed by atoms with E-state index in [2.05, 4.69) is 32.2 Å². The summed E-state index contributed by atoms with van der Waals surface area (Å²) in [6.07, 6.45) is 0.307. The molecule has 1 N–H and O–H groups in total. The van der Waals surface area contributed by atoms with Gasteiger partial charge in [-0.25, -0.2) is 0 Å². The Labute approximate surface area is 90.3 Å². The van der Waals surface area contributed by atoms with Crippen LogP contribution in [0.25, 0.3) is 0 Å². The van der Waals surface area contributed by atoms with E-state index in [1.807, 2.05) is 18.4 Å². The van der Waals surface area contributed by atoms with Gasteiger partial charge in [-0.1, -0.05) is 0 Å². The Morgan fingerprint density at radius 1 is 1.50 bits per heavy atom. The molecule has 0 unspecified atom stereocenters. The monoisotopic (exact) mass is 213 g/mol. The lowest BCUT2D eigenvalue weighted by Crippen LogP contribution is -2.03. The molecule has 0 bridgehead atoms. The lowest BCUT2D eigenvalue weighted by atomic mass is 10.2. The average molecular weight is 213 g/mol. The zero-order valence-corrected chi connectivity index (χ0v) is 10.2. The van der Waals surface area contributed by atoms with E-state index in [4.69, 9.17) is 4.74 Å². The molecular weight excluding hydrogens is 194 g/mol. The molecule has 0 atom stereocenters. The van der Waals surface area contributed by atoms with E-state index in [-0.39, 0.29) is 0 Å². The van der Waals surface area contributed by atoms with Crippen molar-refractivity contribution in [2.24, 2.45) is 0 Å². The highest BCUT2D eigenvalue weighted by atomic mass is 32.1. The SMILES string of the molecule is CNCc1cc(COC(C)C)c(C)s1. The van der Waals surface area contributed by atoms with E-state index < -0.39 is 0 Å². The number of rotatable bonds is 5. The van der Waals surface area contributed by atoms with Gasteiger partial charge in [-0.2, -0.15) is 0 Å². The normalized spacial score (nSPS) is 11.2. The van der Waals surface area contributed by atoms with Crippen LogP contribution in [-0.4, -0.2) is 13.2 Å². The first-order valence-electron chi connectivity index (χ1n) is 4.98. The molecule has 0 amide bonds. The highest BCUT2D eigenvalue weighted by Gasteiger charge is 2.05. The highest BCUT2D eigenvalue weighted by Crippen LogP contribution is 2.22. The number of thiophene rings is 1. The quantitative estimate of drug-likeness (QED) is 0.812. The minimum atomic E-state index is 0.307. The fourth-order valence-corrected chi connectivity index (χ4v) is 2.31. The molecule has 0 aliphatic carbocycles. The molecule has 80 valence electrons. The van der Waals surface area contributed by atoms with Crippen LogP contribution in [0.2, 0.25) is 0 Å². The van der Waals surface area contributed by atoms with Gasteiger partial charge < -0.3 is 10.1 Å². The third-order valence-electron chi connectivity index (χ3n) is 1.99. The summed E-state index contributed by atoms with van der Waals surface area (Å²) in [5.74, 6) is 0. The van der Waals surface area contributed by atoms with Gasteiger partial charge in [0.05, 0.1) is 12.7 Å². The van der Waals surface area contributed by atoms with E-state index in [0.29, 0.717) is 6.10 Å². The van der Waals surface area contributed by atoms with Gasteiger partial charge in [0.15, 0.2) is 0 Å². The second kappa shape index (κ2) is 5.49. The van der Waals surface area contributed by atoms with Crippen LogP contribution < -0.4 is 5.32 Å². The first-order valence-corrected chi connectivity index (χ1v) is 5.79. The maximum absolute atomic E-state index is 5.59. The molecule has 0 aliphatic heterocycles. The van der Waals surface area contributed by atoms with Crippen molar-refractivity contribution in [1.82, 2.24) is 5.32 Å². The van der Waals surface area contributed by atoms with Gasteiger partial charge in [0.25, 0.3) is 0 Å². The Kier molecular flexibility index (Phi) is 4.58. The molecule has 1 aromatic rings. The summed E-state index contributed by atoms with van der Waals surface area (Å²) < 4.78 is 5.59. The van der Waals surface area contributed by atoms with Crippen molar-refractivity contribution in [3.63, 3.8) is 0 Å². The molecule has 1 aromatic heterocycles. The maximum Gasteiger partial charge on any atom is 0.0731 e. The first-order chi connectivity index (χ1) is 6.63. The summed E-state index contributed by atoms with van der Waals surface area (Å²) in [7, 11) is 1.97. The summed E-state index contributed by atoms with van der Waals surface area (Å²) >= 11 is 1.85. The second-order valence-electron chi connectivity index (χ2n) is 3.68. The standard InChI is InChI=1S/C11H19NOS/c1-8(2)13-7-10-5-11(6-12-4)14-9(10)3/h5,8,12H,6-7H2,1-4H3. The number of hydrogen-bond donors (Lipinski definition) is 1. The van der Waals surface area contributed by atoms with Crippen LogP contribution in [0.5, 0.6) is 0 Å². The van der Waals surface area contributed by atoms with Crippen molar-refractivity contribution < 1.29 is 4.74 Å². The lowest BCUT2D eigenvalue weighted by Gasteiger charge is -2.06. The van der Waals surface area contributed by atoms with Crippen LogP contribution in [0.4, 0.5) is 0 Å². The Balaban J connectivity index is 2.58. The van der Waals surface area contributed by atoms with Crippen molar-refractivity contribution in [1.29, 1.82) is 0 Å². The van der Waals surface area contributed by atoms with Gasteiger partial charge in [0.2, 0.25) is 0 Å². The van der Waals surface area contributed by atoms with E-state index >= 15 is 0 Å². The van der Waals surface area contributed by atoms with Gasteiger partial charge in [-0.15, -0.1) is 11.3 Å². The first kappa shape index (κ1) is 11.7. The molecule has 0 fully saturated rings. The van der Waals surface area contributed by atoms with E-state index in [9.17, 15) is 0 Å². The fourth-order valence-electron chi connectivity index (χ4n) is 1.25. The molecule has 2 nitrogen and oxygen atoms in total. The second-order valence-corrected chi connectivity index (χ2v) is 5.03. The predicted octanol–water partition coefficient (Wildman–Crippen LogP) is 2.70. The van der Waals surface area contributed by atoms with Crippen LogP contribution in [0, 0.1) is 6.92 Å². The number of aryl methyl sites for hydroxylation is 1. The van der Waals surface area contributed by atoms with Gasteiger partial charge >= 0.3 is 0 Å². The predicted molar refractivity (Wildman–Crippen MR) is 61.7 cm³/mol. The molecule has 1 rings (SSSR count). The topological polar surface area (TPSA) is 21.3 Å². The number of ether oxygens (including phenoxy) is 1. The lowest BCUT2D eigenvalue weighted by molar-refractivity contribution is 0.0656. The molecule has 3 heteroatoms. The average Bonchev–Trinajstić information content (AvgIpc) is 2.44. The molecule has 0 radical (unpaired) electrons. The largest absolute Gasteiger partial charge is 0.374 e. The summed E-state index contributed by atoms with van der Waals surface area (Å²) in [6, 6.07) is 2.24. The van der Waals surface area contributed by atoms with Crippen LogP contribution in [0.1, 0.15) is 29.2 Å². The third kappa shape index (κ3) is 3.40.